The molecule has 6 fully saturated rings. The van der Waals surface area contributed by atoms with Crippen LogP contribution in [0.4, 0.5) is 0 Å². The molecule has 6 aliphatic rings. The Morgan fingerprint density at radius 3 is 0.879 bits per heavy atom. The highest BCUT2D eigenvalue weighted by Gasteiger charge is 2.78. The van der Waals surface area contributed by atoms with E-state index in [-0.39, 0.29) is 56.8 Å². The minimum atomic E-state index is -1.59. The normalized spacial score (nSPS) is 38.1. The van der Waals surface area contributed by atoms with Gasteiger partial charge in [-0.05, 0) is 40.0 Å². The van der Waals surface area contributed by atoms with Crippen molar-refractivity contribution in [3.63, 3.8) is 0 Å². The molecule has 12 atom stereocenters. The van der Waals surface area contributed by atoms with Crippen LogP contribution in [0.5, 0.6) is 0 Å². The van der Waals surface area contributed by atoms with Crippen LogP contribution in [0.2, 0.25) is 0 Å². The summed E-state index contributed by atoms with van der Waals surface area (Å²) >= 11 is 0. The maximum absolute atomic E-state index is 12.9. The first-order valence-electron chi connectivity index (χ1n) is 22.3. The van der Waals surface area contributed by atoms with Gasteiger partial charge in [-0.15, -0.1) is 19.7 Å². The largest absolute Gasteiger partial charge is 0.467 e. The highest BCUT2D eigenvalue weighted by molar-refractivity contribution is 5.98. The van der Waals surface area contributed by atoms with E-state index in [1.807, 2.05) is 62.3 Å². The molecule has 6 rings (SSSR count). The third kappa shape index (κ3) is 7.71. The monoisotopic (exact) mass is 934 g/mol. The summed E-state index contributed by atoms with van der Waals surface area (Å²) in [6, 6.07) is 0. The summed E-state index contributed by atoms with van der Waals surface area (Å²) in [5, 5.41) is 33.2. The van der Waals surface area contributed by atoms with Crippen molar-refractivity contribution in [2.75, 3.05) is 41.2 Å². The maximum atomic E-state index is 12.9. The minimum absolute atomic E-state index is 0.0754. The molecule has 0 unspecified atom stereocenters. The second-order valence-corrected chi connectivity index (χ2v) is 21.9. The fourth-order valence-corrected chi connectivity index (χ4v) is 10.8. The first kappa shape index (κ1) is 54.4. The topological polar surface area (TPSA) is 228 Å². The minimum Gasteiger partial charge on any atom is -0.467 e. The van der Waals surface area contributed by atoms with Gasteiger partial charge in [-0.3, -0.25) is 29.1 Å². The zero-order valence-electron chi connectivity index (χ0n) is 41.6. The van der Waals surface area contributed by atoms with Crippen molar-refractivity contribution in [3.8, 4) is 0 Å². The molecule has 0 aliphatic carbocycles. The molecule has 66 heavy (non-hydrogen) atoms. The van der Waals surface area contributed by atoms with Crippen LogP contribution in [0, 0.1) is 34.0 Å². The number of esters is 3. The van der Waals surface area contributed by atoms with E-state index in [0.29, 0.717) is 0 Å². The average Bonchev–Trinajstić information content (AvgIpc) is 4.03. The molecule has 0 aromatic heterocycles. The summed E-state index contributed by atoms with van der Waals surface area (Å²) in [6.07, 6.45) is 3.82. The molecule has 6 saturated heterocycles. The van der Waals surface area contributed by atoms with Crippen LogP contribution in [0.3, 0.4) is 0 Å². The van der Waals surface area contributed by atoms with E-state index < -0.39 is 104 Å². The maximum Gasteiger partial charge on any atom is 0.337 e. The Labute approximate surface area is 389 Å². The molecular formula is C48H75N3O15. The molecule has 18 nitrogen and oxygen atoms in total. The predicted molar refractivity (Wildman–Crippen MR) is 239 cm³/mol. The van der Waals surface area contributed by atoms with Gasteiger partial charge < -0.3 is 43.7 Å². The van der Waals surface area contributed by atoms with Gasteiger partial charge in [0.05, 0.1) is 58.9 Å². The molecule has 18 heteroatoms. The first-order valence-corrected chi connectivity index (χ1v) is 22.3. The lowest BCUT2D eigenvalue weighted by molar-refractivity contribution is -0.168. The molecule has 6 aliphatic heterocycles. The van der Waals surface area contributed by atoms with Crippen molar-refractivity contribution in [1.82, 2.24) is 14.7 Å². The number of aliphatic hydroxyl groups is 3. The van der Waals surface area contributed by atoms with Gasteiger partial charge in [-0.2, -0.15) is 0 Å². The van der Waals surface area contributed by atoms with Gasteiger partial charge in [0.2, 0.25) is 17.7 Å². The van der Waals surface area contributed by atoms with Gasteiger partial charge in [0, 0.05) is 16.2 Å². The lowest BCUT2D eigenvalue weighted by Crippen LogP contribution is -2.64. The summed E-state index contributed by atoms with van der Waals surface area (Å²) in [7, 11) is 3.75. The zero-order chi connectivity index (χ0) is 50.8. The van der Waals surface area contributed by atoms with Crippen LogP contribution in [-0.2, 0) is 57.2 Å². The number of hydrogen-bond acceptors (Lipinski definition) is 15. The van der Waals surface area contributed by atoms with Crippen molar-refractivity contribution in [1.29, 1.82) is 0 Å². The van der Waals surface area contributed by atoms with E-state index in [1.54, 1.807) is 18.2 Å². The molecule has 3 N–H and O–H groups in total. The Bertz CT molecular complexity index is 1740. The first-order chi connectivity index (χ1) is 30.2. The Morgan fingerprint density at radius 2 is 0.727 bits per heavy atom. The van der Waals surface area contributed by atoms with Gasteiger partial charge in [-0.25, -0.2) is 14.4 Å². The number of amides is 3. The number of carbonyl (C=O) groups excluding carboxylic acids is 6. The van der Waals surface area contributed by atoms with Gasteiger partial charge in [0.15, 0.2) is 16.6 Å². The predicted octanol–water partition coefficient (Wildman–Crippen LogP) is 3.26. The van der Waals surface area contributed by atoms with Gasteiger partial charge >= 0.3 is 17.9 Å². The van der Waals surface area contributed by atoms with E-state index in [9.17, 15) is 44.1 Å². The molecule has 0 aromatic rings. The van der Waals surface area contributed by atoms with Crippen molar-refractivity contribution < 1.29 is 72.5 Å². The summed E-state index contributed by atoms with van der Waals surface area (Å²) in [4.78, 5) is 80.5. The molecular weight excluding hydrogens is 859 g/mol. The number of fused-ring (bicyclic) bond motifs is 3. The summed E-state index contributed by atoms with van der Waals surface area (Å²) in [6.45, 7) is 32.5. The number of methoxy groups -OCH3 is 3. The standard InChI is InChI=1S/3C16H25NO5/c3*1-7-8-10-11(18)17-12(14(2,3)4)22-9-16(17,13(19)21-6)15(10,5)20/h3*7,10,12,20H,1,8-9H2,2-6H3/t10-,12+,15+,16+;10-,12+,15-,16+;10-,12-,15+,16-/m001/s1. The third-order valence-corrected chi connectivity index (χ3v) is 14.4. The Morgan fingerprint density at radius 1 is 0.530 bits per heavy atom. The number of hydrogen-bond donors (Lipinski definition) is 3. The lowest BCUT2D eigenvalue weighted by atomic mass is 9.75. The molecule has 0 saturated carbocycles. The molecule has 0 radical (unpaired) electrons. The number of rotatable bonds is 9. The highest BCUT2D eigenvalue weighted by atomic mass is 16.6. The van der Waals surface area contributed by atoms with Crippen molar-refractivity contribution >= 4 is 35.6 Å². The Kier molecular flexibility index (Phi) is 14.9. The Balaban J connectivity index is 0.000000216. The summed E-state index contributed by atoms with van der Waals surface area (Å²) in [5.74, 6) is -5.06. The van der Waals surface area contributed by atoms with Crippen LogP contribution in [-0.4, -0.2) is 159 Å². The number of nitrogens with zero attached hydrogens (tertiary/aromatic N) is 3. The fraction of sp³-hybridized carbons (Fsp3) is 0.750. The van der Waals surface area contributed by atoms with E-state index in [4.69, 9.17) is 28.4 Å². The second-order valence-electron chi connectivity index (χ2n) is 21.9. The third-order valence-electron chi connectivity index (χ3n) is 14.4. The molecule has 372 valence electrons. The summed E-state index contributed by atoms with van der Waals surface area (Å²) in [5.41, 5.74) is -10.5. The van der Waals surface area contributed by atoms with E-state index in [2.05, 4.69) is 19.7 Å². The quantitative estimate of drug-likeness (QED) is 0.171. The van der Waals surface area contributed by atoms with Crippen LogP contribution >= 0.6 is 0 Å². The fourth-order valence-electron chi connectivity index (χ4n) is 10.8. The summed E-state index contributed by atoms with van der Waals surface area (Å²) < 4.78 is 32.0. The number of ether oxygens (including phenoxy) is 6. The SMILES string of the molecule is C=CC[C@@H]1C(=O)N2[C@@H](C(C)(C)C)OC[C@@]2(C(=O)OC)[C@@]1(C)O.C=CC[C@H]1C(=O)N2[C@@H](C(C)(C)C)OC[C@@]2(C(=O)OC)[C@@]1(C)O.C=CC[C@H]1C(=O)N2[C@@H](C(C)(C)C)OC[C@@]2(C(=O)OC)[C@]1(C)O. The number of carbonyl (C=O) groups is 6. The Hall–Kier alpha value is -4.20. The smallest absolute Gasteiger partial charge is 0.337 e. The lowest BCUT2D eigenvalue weighted by Gasteiger charge is -2.40. The van der Waals surface area contributed by atoms with E-state index in [0.717, 1.165) is 0 Å². The van der Waals surface area contributed by atoms with Crippen LogP contribution in [0.15, 0.2) is 38.0 Å². The van der Waals surface area contributed by atoms with Crippen LogP contribution in [0.1, 0.15) is 102 Å². The highest BCUT2D eigenvalue weighted by Crippen LogP contribution is 2.55. The second kappa shape index (κ2) is 18.0. The molecule has 0 aromatic carbocycles. The zero-order valence-corrected chi connectivity index (χ0v) is 41.6. The molecule has 0 spiro atoms. The molecule has 0 bridgehead atoms. The van der Waals surface area contributed by atoms with Crippen LogP contribution in [0.25, 0.3) is 0 Å². The van der Waals surface area contributed by atoms with Crippen molar-refractivity contribution in [3.05, 3.63) is 38.0 Å². The van der Waals surface area contributed by atoms with E-state index in [1.165, 1.54) is 56.8 Å². The average molecular weight is 934 g/mol. The van der Waals surface area contributed by atoms with Gasteiger partial charge in [0.1, 0.15) is 35.5 Å². The van der Waals surface area contributed by atoms with Gasteiger partial charge in [-0.1, -0.05) is 80.5 Å². The van der Waals surface area contributed by atoms with Crippen molar-refractivity contribution in [2.24, 2.45) is 34.0 Å². The molecule has 3 amide bonds. The van der Waals surface area contributed by atoms with Crippen LogP contribution < -0.4 is 0 Å². The number of allylic oxidation sites excluding steroid dienone is 3. The van der Waals surface area contributed by atoms with Crippen molar-refractivity contribution in [2.45, 2.75) is 154 Å². The molecule has 6 heterocycles. The van der Waals surface area contributed by atoms with Gasteiger partial charge in [0.25, 0.3) is 0 Å². The van der Waals surface area contributed by atoms with E-state index >= 15 is 0 Å².